The number of urea groups is 1. The summed E-state index contributed by atoms with van der Waals surface area (Å²) in [6.07, 6.45) is 3.77. The zero-order valence-corrected chi connectivity index (χ0v) is 18.0. The van der Waals surface area contributed by atoms with Crippen molar-refractivity contribution in [2.75, 3.05) is 42.5 Å². The Morgan fingerprint density at radius 3 is 2.97 bits per heavy atom. The van der Waals surface area contributed by atoms with Crippen LogP contribution in [0.2, 0.25) is 0 Å². The SMILES string of the molecule is C[C@H]1CN(c2ccnc3c2cnn3C)Cc2ccc(N3C[C@H]4CNCCN4C3=O)cc21. The van der Waals surface area contributed by atoms with Gasteiger partial charge in [-0.25, -0.2) is 9.78 Å². The fraction of sp³-hybridized carbons (Fsp3) is 0.435. The van der Waals surface area contributed by atoms with E-state index in [0.717, 1.165) is 56.0 Å². The van der Waals surface area contributed by atoms with Crippen molar-refractivity contribution in [3.8, 4) is 0 Å². The number of fused-ring (bicyclic) bond motifs is 3. The maximum absolute atomic E-state index is 13.0. The molecule has 160 valence electrons. The minimum atomic E-state index is 0.146. The molecule has 1 N–H and O–H groups in total. The molecular formula is C23H27N7O. The number of nitrogens with zero attached hydrogens (tertiary/aromatic N) is 6. The van der Waals surface area contributed by atoms with Gasteiger partial charge in [0.15, 0.2) is 5.65 Å². The van der Waals surface area contributed by atoms with E-state index in [9.17, 15) is 4.79 Å². The summed E-state index contributed by atoms with van der Waals surface area (Å²) in [5.41, 5.74) is 5.78. The summed E-state index contributed by atoms with van der Waals surface area (Å²) >= 11 is 0. The monoisotopic (exact) mass is 417 g/mol. The number of anilines is 2. The Morgan fingerprint density at radius 2 is 2.10 bits per heavy atom. The number of nitrogens with one attached hydrogen (secondary N) is 1. The highest BCUT2D eigenvalue weighted by Gasteiger charge is 2.39. The van der Waals surface area contributed by atoms with Crippen LogP contribution in [-0.4, -0.2) is 64.5 Å². The molecule has 2 fully saturated rings. The molecule has 8 heteroatoms. The average Bonchev–Trinajstić information content (AvgIpc) is 3.34. The molecule has 0 radical (unpaired) electrons. The van der Waals surface area contributed by atoms with Gasteiger partial charge < -0.3 is 15.1 Å². The first-order chi connectivity index (χ1) is 15.1. The van der Waals surface area contributed by atoms with E-state index in [-0.39, 0.29) is 12.1 Å². The number of hydrogen-bond acceptors (Lipinski definition) is 5. The van der Waals surface area contributed by atoms with E-state index in [2.05, 4.69) is 51.5 Å². The summed E-state index contributed by atoms with van der Waals surface area (Å²) in [6.45, 7) is 7.37. The predicted molar refractivity (Wildman–Crippen MR) is 121 cm³/mol. The quantitative estimate of drug-likeness (QED) is 0.693. The standard InChI is InChI=1S/C23H27N7O/c1-15-12-28(21-5-6-25-22-20(21)11-26-27(22)2)13-16-3-4-17(9-19(15)16)30-14-18-10-24-7-8-29(18)23(30)31/h3-6,9,11,15,18,24H,7-8,10,12-14H2,1-2H3/t15-,18+/m0/s1. The van der Waals surface area contributed by atoms with E-state index in [4.69, 9.17) is 0 Å². The third-order valence-electron chi connectivity index (χ3n) is 7.00. The lowest BCUT2D eigenvalue weighted by molar-refractivity contribution is 0.193. The summed E-state index contributed by atoms with van der Waals surface area (Å²) in [6, 6.07) is 9.07. The molecule has 3 aliphatic rings. The number of aromatic nitrogens is 3. The van der Waals surface area contributed by atoms with Gasteiger partial charge in [-0.05, 0) is 35.2 Å². The predicted octanol–water partition coefficient (Wildman–Crippen LogP) is 2.31. The Balaban J connectivity index is 1.30. The van der Waals surface area contributed by atoms with Crippen molar-refractivity contribution >= 4 is 28.4 Å². The van der Waals surface area contributed by atoms with Gasteiger partial charge in [-0.15, -0.1) is 0 Å². The minimum Gasteiger partial charge on any atom is -0.366 e. The lowest BCUT2D eigenvalue weighted by Crippen LogP contribution is -2.49. The van der Waals surface area contributed by atoms with E-state index >= 15 is 0 Å². The van der Waals surface area contributed by atoms with Crippen LogP contribution >= 0.6 is 0 Å². The number of piperazine rings is 1. The van der Waals surface area contributed by atoms with Gasteiger partial charge in [-0.1, -0.05) is 13.0 Å². The van der Waals surface area contributed by atoms with E-state index in [0.29, 0.717) is 5.92 Å². The van der Waals surface area contributed by atoms with Gasteiger partial charge in [0.2, 0.25) is 0 Å². The molecule has 31 heavy (non-hydrogen) atoms. The highest BCUT2D eigenvalue weighted by molar-refractivity contribution is 5.95. The third kappa shape index (κ3) is 2.89. The molecule has 3 aromatic rings. The van der Waals surface area contributed by atoms with Crippen molar-refractivity contribution in [1.82, 2.24) is 25.0 Å². The Kier molecular flexibility index (Phi) is 4.17. The van der Waals surface area contributed by atoms with Gasteiger partial charge in [0.25, 0.3) is 0 Å². The summed E-state index contributed by atoms with van der Waals surface area (Å²) in [5, 5.41) is 8.88. The first-order valence-corrected chi connectivity index (χ1v) is 11.0. The van der Waals surface area contributed by atoms with Crippen molar-refractivity contribution < 1.29 is 4.79 Å². The van der Waals surface area contributed by atoms with Gasteiger partial charge in [0.05, 0.1) is 23.3 Å². The fourth-order valence-electron chi connectivity index (χ4n) is 5.38. The number of carbonyl (C=O) groups excluding carboxylic acids is 1. The van der Waals surface area contributed by atoms with Crippen LogP contribution in [0.15, 0.2) is 36.7 Å². The van der Waals surface area contributed by atoms with Crippen molar-refractivity contribution in [1.29, 1.82) is 0 Å². The number of amides is 2. The average molecular weight is 418 g/mol. The van der Waals surface area contributed by atoms with E-state index < -0.39 is 0 Å². The van der Waals surface area contributed by atoms with Crippen molar-refractivity contribution in [3.05, 3.63) is 47.8 Å². The first kappa shape index (κ1) is 18.6. The molecule has 6 rings (SSSR count). The molecule has 3 aliphatic heterocycles. The Morgan fingerprint density at radius 1 is 1.19 bits per heavy atom. The van der Waals surface area contributed by atoms with Gasteiger partial charge in [-0.3, -0.25) is 9.58 Å². The minimum absolute atomic E-state index is 0.146. The van der Waals surface area contributed by atoms with E-state index in [1.807, 2.05) is 33.9 Å². The van der Waals surface area contributed by atoms with Crippen LogP contribution in [0.4, 0.5) is 16.2 Å². The maximum atomic E-state index is 13.0. The Labute approximate surface area is 181 Å². The Bertz CT molecular complexity index is 1170. The second-order valence-corrected chi connectivity index (χ2v) is 8.94. The summed E-state index contributed by atoms with van der Waals surface area (Å²) in [4.78, 5) is 23.8. The molecule has 0 aliphatic carbocycles. The lowest BCUT2D eigenvalue weighted by atomic mass is 9.90. The van der Waals surface area contributed by atoms with Crippen LogP contribution < -0.4 is 15.1 Å². The fourth-order valence-corrected chi connectivity index (χ4v) is 5.38. The molecule has 5 heterocycles. The van der Waals surface area contributed by atoms with Gasteiger partial charge >= 0.3 is 6.03 Å². The van der Waals surface area contributed by atoms with Crippen LogP contribution in [0.25, 0.3) is 11.0 Å². The number of pyridine rings is 1. The van der Waals surface area contributed by atoms with Crippen LogP contribution in [0.1, 0.15) is 24.0 Å². The highest BCUT2D eigenvalue weighted by atomic mass is 16.2. The molecule has 2 saturated heterocycles. The molecule has 1 aromatic carbocycles. The van der Waals surface area contributed by atoms with Gasteiger partial charge in [0, 0.05) is 58.2 Å². The summed E-state index contributed by atoms with van der Waals surface area (Å²) in [7, 11) is 1.93. The smallest absolute Gasteiger partial charge is 0.324 e. The van der Waals surface area contributed by atoms with Gasteiger partial charge in [0.1, 0.15) is 0 Å². The molecule has 2 amide bonds. The molecule has 0 saturated carbocycles. The molecular weight excluding hydrogens is 390 g/mol. The first-order valence-electron chi connectivity index (χ1n) is 11.0. The third-order valence-corrected chi connectivity index (χ3v) is 7.00. The van der Waals surface area contributed by atoms with Crippen molar-refractivity contribution in [2.24, 2.45) is 7.05 Å². The number of aryl methyl sites for hydroxylation is 1. The van der Waals surface area contributed by atoms with Crippen molar-refractivity contribution in [2.45, 2.75) is 25.4 Å². The molecule has 0 spiro atoms. The number of carbonyl (C=O) groups is 1. The topological polar surface area (TPSA) is 69.5 Å². The van der Waals surface area contributed by atoms with E-state index in [1.165, 1.54) is 16.8 Å². The van der Waals surface area contributed by atoms with Crippen LogP contribution in [0, 0.1) is 0 Å². The number of rotatable bonds is 2. The van der Waals surface area contributed by atoms with Crippen molar-refractivity contribution in [3.63, 3.8) is 0 Å². The molecule has 0 unspecified atom stereocenters. The summed E-state index contributed by atoms with van der Waals surface area (Å²) < 4.78 is 1.82. The summed E-state index contributed by atoms with van der Waals surface area (Å²) in [5.74, 6) is 0.366. The normalized spacial score (nSPS) is 23.4. The maximum Gasteiger partial charge on any atom is 0.324 e. The zero-order chi connectivity index (χ0) is 21.1. The Hall–Kier alpha value is -3.13. The number of hydrogen-bond donors (Lipinski definition) is 1. The second kappa shape index (κ2) is 6.95. The van der Waals surface area contributed by atoms with Gasteiger partial charge in [-0.2, -0.15) is 5.10 Å². The largest absolute Gasteiger partial charge is 0.366 e. The molecule has 8 nitrogen and oxygen atoms in total. The van der Waals surface area contributed by atoms with Crippen LogP contribution in [-0.2, 0) is 13.6 Å². The van der Waals surface area contributed by atoms with E-state index in [1.54, 1.807) is 0 Å². The lowest BCUT2D eigenvalue weighted by Gasteiger charge is -2.35. The molecule has 2 atom stereocenters. The van der Waals surface area contributed by atoms with Crippen LogP contribution in [0.5, 0.6) is 0 Å². The molecule has 0 bridgehead atoms. The highest BCUT2D eigenvalue weighted by Crippen LogP contribution is 2.37. The zero-order valence-electron chi connectivity index (χ0n) is 18.0. The second-order valence-electron chi connectivity index (χ2n) is 8.94. The van der Waals surface area contributed by atoms with Crippen LogP contribution in [0.3, 0.4) is 0 Å². The number of benzene rings is 1. The molecule has 2 aromatic heterocycles.